The van der Waals surface area contributed by atoms with Gasteiger partial charge < -0.3 is 5.73 Å². The quantitative estimate of drug-likeness (QED) is 0.894. The Morgan fingerprint density at radius 3 is 2.94 bits per heavy atom. The third kappa shape index (κ3) is 1.85. The first-order chi connectivity index (χ1) is 8.79. The number of nitrogens with zero attached hydrogens (tertiary/aromatic N) is 2. The highest BCUT2D eigenvalue weighted by Gasteiger charge is 2.14. The van der Waals surface area contributed by atoms with Gasteiger partial charge in [-0.15, -0.1) is 0 Å². The normalized spacial score (nSPS) is 13.9. The number of rotatable bonds is 3. The SMILES string of the molecule is Cn1ncc(-c2ccc3c(c2)CCC3)c1CCN. The summed E-state index contributed by atoms with van der Waals surface area (Å²) in [7, 11) is 1.99. The zero-order chi connectivity index (χ0) is 12.5. The van der Waals surface area contributed by atoms with Crippen molar-refractivity contribution in [3.05, 3.63) is 41.2 Å². The van der Waals surface area contributed by atoms with Gasteiger partial charge in [-0.3, -0.25) is 4.68 Å². The van der Waals surface area contributed by atoms with Crippen LogP contribution in [0.5, 0.6) is 0 Å². The van der Waals surface area contributed by atoms with Crippen molar-refractivity contribution in [3.63, 3.8) is 0 Å². The Labute approximate surface area is 108 Å². The van der Waals surface area contributed by atoms with Gasteiger partial charge >= 0.3 is 0 Å². The molecule has 3 rings (SSSR count). The second-order valence-electron chi connectivity index (χ2n) is 5.00. The molecule has 0 radical (unpaired) electrons. The Bertz CT molecular complexity index is 569. The Balaban J connectivity index is 2.04. The van der Waals surface area contributed by atoms with E-state index < -0.39 is 0 Å². The van der Waals surface area contributed by atoms with Crippen LogP contribution in [-0.2, 0) is 26.3 Å². The van der Waals surface area contributed by atoms with Crippen LogP contribution in [0.3, 0.4) is 0 Å². The fourth-order valence-corrected chi connectivity index (χ4v) is 2.88. The van der Waals surface area contributed by atoms with E-state index in [1.165, 1.54) is 47.2 Å². The highest BCUT2D eigenvalue weighted by Crippen LogP contribution is 2.29. The molecule has 1 aliphatic carbocycles. The molecule has 2 aromatic rings. The lowest BCUT2D eigenvalue weighted by Gasteiger charge is -2.07. The molecule has 0 fully saturated rings. The van der Waals surface area contributed by atoms with Gasteiger partial charge in [0.1, 0.15) is 0 Å². The van der Waals surface area contributed by atoms with E-state index in [2.05, 4.69) is 23.3 Å². The third-order valence-electron chi connectivity index (χ3n) is 3.85. The topological polar surface area (TPSA) is 43.8 Å². The second-order valence-corrected chi connectivity index (χ2v) is 5.00. The summed E-state index contributed by atoms with van der Waals surface area (Å²) >= 11 is 0. The average molecular weight is 241 g/mol. The van der Waals surface area contributed by atoms with E-state index in [-0.39, 0.29) is 0 Å². The first kappa shape index (κ1) is 11.5. The standard InChI is InChI=1S/C15H19N3/c1-18-15(7-8-16)14(10-17-18)13-6-5-11-3-2-4-12(11)9-13/h5-6,9-10H,2-4,7-8,16H2,1H3. The van der Waals surface area contributed by atoms with Crippen LogP contribution in [-0.4, -0.2) is 16.3 Å². The lowest BCUT2D eigenvalue weighted by Crippen LogP contribution is -2.08. The monoisotopic (exact) mass is 241 g/mol. The van der Waals surface area contributed by atoms with Gasteiger partial charge in [-0.25, -0.2) is 0 Å². The summed E-state index contributed by atoms with van der Waals surface area (Å²) in [4.78, 5) is 0. The van der Waals surface area contributed by atoms with E-state index in [1.807, 2.05) is 17.9 Å². The molecular formula is C15H19N3. The van der Waals surface area contributed by atoms with Crippen molar-refractivity contribution in [2.24, 2.45) is 12.8 Å². The molecule has 18 heavy (non-hydrogen) atoms. The molecule has 2 N–H and O–H groups in total. The van der Waals surface area contributed by atoms with E-state index in [0.717, 1.165) is 6.42 Å². The van der Waals surface area contributed by atoms with Crippen LogP contribution < -0.4 is 5.73 Å². The summed E-state index contributed by atoms with van der Waals surface area (Å²) in [5, 5.41) is 4.37. The number of fused-ring (bicyclic) bond motifs is 1. The zero-order valence-corrected chi connectivity index (χ0v) is 10.8. The molecule has 94 valence electrons. The van der Waals surface area contributed by atoms with E-state index in [9.17, 15) is 0 Å². The van der Waals surface area contributed by atoms with Gasteiger partial charge in [-0.05, 0) is 42.5 Å². The minimum atomic E-state index is 0.664. The van der Waals surface area contributed by atoms with Crippen molar-refractivity contribution in [3.8, 4) is 11.1 Å². The predicted molar refractivity (Wildman–Crippen MR) is 73.4 cm³/mol. The van der Waals surface area contributed by atoms with Crippen molar-refractivity contribution in [2.45, 2.75) is 25.7 Å². The largest absolute Gasteiger partial charge is 0.330 e. The van der Waals surface area contributed by atoms with E-state index in [1.54, 1.807) is 0 Å². The second kappa shape index (κ2) is 4.58. The van der Waals surface area contributed by atoms with Gasteiger partial charge in [0.25, 0.3) is 0 Å². The first-order valence-electron chi connectivity index (χ1n) is 6.62. The van der Waals surface area contributed by atoms with E-state index in [0.29, 0.717) is 6.54 Å². The molecule has 0 unspecified atom stereocenters. The molecule has 0 saturated heterocycles. The molecule has 1 heterocycles. The third-order valence-corrected chi connectivity index (χ3v) is 3.85. The molecule has 3 heteroatoms. The molecule has 0 saturated carbocycles. The summed E-state index contributed by atoms with van der Waals surface area (Å²) in [6, 6.07) is 6.83. The lowest BCUT2D eigenvalue weighted by atomic mass is 10.00. The smallest absolute Gasteiger partial charge is 0.0571 e. The number of nitrogens with two attached hydrogens (primary N) is 1. The predicted octanol–water partition coefficient (Wildman–Crippen LogP) is 2.08. The van der Waals surface area contributed by atoms with E-state index >= 15 is 0 Å². The molecular weight excluding hydrogens is 222 g/mol. The molecule has 0 amide bonds. The lowest BCUT2D eigenvalue weighted by molar-refractivity contribution is 0.707. The zero-order valence-electron chi connectivity index (χ0n) is 10.8. The Morgan fingerprint density at radius 2 is 2.11 bits per heavy atom. The molecule has 0 atom stereocenters. The highest BCUT2D eigenvalue weighted by molar-refractivity contribution is 5.67. The molecule has 1 aromatic carbocycles. The number of hydrogen-bond donors (Lipinski definition) is 1. The van der Waals surface area contributed by atoms with Crippen LogP contribution in [0.1, 0.15) is 23.2 Å². The highest BCUT2D eigenvalue weighted by atomic mass is 15.3. The van der Waals surface area contributed by atoms with Crippen LogP contribution in [0, 0.1) is 0 Å². The van der Waals surface area contributed by atoms with Gasteiger partial charge in [0.15, 0.2) is 0 Å². The van der Waals surface area contributed by atoms with Gasteiger partial charge in [0.2, 0.25) is 0 Å². The number of aromatic nitrogens is 2. The maximum Gasteiger partial charge on any atom is 0.0571 e. The van der Waals surface area contributed by atoms with Crippen LogP contribution >= 0.6 is 0 Å². The summed E-state index contributed by atoms with van der Waals surface area (Å²) < 4.78 is 1.94. The summed E-state index contributed by atoms with van der Waals surface area (Å²) in [6.45, 7) is 0.664. The molecule has 1 aromatic heterocycles. The summed E-state index contributed by atoms with van der Waals surface area (Å²) in [5.41, 5.74) is 12.5. The Kier molecular flexibility index (Phi) is 2.92. The summed E-state index contributed by atoms with van der Waals surface area (Å²) in [5.74, 6) is 0. The molecule has 3 nitrogen and oxygen atoms in total. The number of hydrogen-bond acceptors (Lipinski definition) is 2. The van der Waals surface area contributed by atoms with Crippen molar-refractivity contribution in [1.82, 2.24) is 9.78 Å². The number of aryl methyl sites for hydroxylation is 3. The molecule has 1 aliphatic rings. The van der Waals surface area contributed by atoms with Crippen LogP contribution in [0.25, 0.3) is 11.1 Å². The fraction of sp³-hybridized carbons (Fsp3) is 0.400. The van der Waals surface area contributed by atoms with Crippen LogP contribution in [0.15, 0.2) is 24.4 Å². The number of benzene rings is 1. The van der Waals surface area contributed by atoms with Gasteiger partial charge in [0, 0.05) is 24.7 Å². The van der Waals surface area contributed by atoms with E-state index in [4.69, 9.17) is 5.73 Å². The maximum absolute atomic E-state index is 5.68. The minimum Gasteiger partial charge on any atom is -0.330 e. The Hall–Kier alpha value is -1.61. The molecule has 0 spiro atoms. The van der Waals surface area contributed by atoms with Gasteiger partial charge in [-0.2, -0.15) is 5.10 Å². The minimum absolute atomic E-state index is 0.664. The van der Waals surface area contributed by atoms with Crippen molar-refractivity contribution in [2.75, 3.05) is 6.54 Å². The van der Waals surface area contributed by atoms with Gasteiger partial charge in [0.05, 0.1) is 6.20 Å². The van der Waals surface area contributed by atoms with Gasteiger partial charge in [-0.1, -0.05) is 18.2 Å². The summed E-state index contributed by atoms with van der Waals surface area (Å²) in [6.07, 6.45) is 6.58. The molecule has 0 bridgehead atoms. The molecule has 0 aliphatic heterocycles. The van der Waals surface area contributed by atoms with Crippen molar-refractivity contribution < 1.29 is 0 Å². The van der Waals surface area contributed by atoms with Crippen molar-refractivity contribution in [1.29, 1.82) is 0 Å². The Morgan fingerprint density at radius 1 is 1.28 bits per heavy atom. The average Bonchev–Trinajstić information content (AvgIpc) is 2.97. The first-order valence-corrected chi connectivity index (χ1v) is 6.62. The maximum atomic E-state index is 5.68. The van der Waals surface area contributed by atoms with Crippen LogP contribution in [0.4, 0.5) is 0 Å². The van der Waals surface area contributed by atoms with Crippen molar-refractivity contribution >= 4 is 0 Å². The van der Waals surface area contributed by atoms with Crippen LogP contribution in [0.2, 0.25) is 0 Å². The fourth-order valence-electron chi connectivity index (χ4n) is 2.88.